The van der Waals surface area contributed by atoms with Gasteiger partial charge in [-0.3, -0.25) is 14.2 Å². The number of para-hydroxylation sites is 1. The molecule has 1 aromatic carbocycles. The van der Waals surface area contributed by atoms with Crippen LogP contribution in [-0.4, -0.2) is 30.2 Å². The number of nitrogens with zero attached hydrogens (tertiary/aromatic N) is 5. The van der Waals surface area contributed by atoms with Crippen LogP contribution in [0.2, 0.25) is 0 Å². The van der Waals surface area contributed by atoms with E-state index in [0.717, 1.165) is 10.9 Å². The molecule has 0 fully saturated rings. The summed E-state index contributed by atoms with van der Waals surface area (Å²) in [6.45, 7) is 4.24. The van der Waals surface area contributed by atoms with Crippen molar-refractivity contribution in [3.63, 3.8) is 0 Å². The van der Waals surface area contributed by atoms with Crippen molar-refractivity contribution in [1.29, 1.82) is 0 Å². The summed E-state index contributed by atoms with van der Waals surface area (Å²) in [5.41, 5.74) is 1.34. The molecule has 10 heteroatoms. The first-order valence-corrected chi connectivity index (χ1v) is 10.6. The molecule has 168 valence electrons. The van der Waals surface area contributed by atoms with Crippen molar-refractivity contribution < 1.29 is 13.7 Å². The minimum Gasteiger partial charge on any atom is -0.467 e. The van der Waals surface area contributed by atoms with Gasteiger partial charge >= 0.3 is 0 Å². The van der Waals surface area contributed by atoms with Crippen molar-refractivity contribution in [2.24, 2.45) is 0 Å². The van der Waals surface area contributed by atoms with Gasteiger partial charge in [0.05, 0.1) is 24.7 Å². The molecule has 0 saturated heterocycles. The van der Waals surface area contributed by atoms with Crippen LogP contribution in [-0.2, 0) is 24.4 Å². The average molecular weight is 446 g/mol. The Kier molecular flexibility index (Phi) is 5.25. The lowest BCUT2D eigenvalue weighted by molar-refractivity contribution is -0.121. The molecule has 4 heterocycles. The number of benzene rings is 1. The normalized spacial score (nSPS) is 11.6. The molecule has 5 rings (SSSR count). The van der Waals surface area contributed by atoms with Crippen LogP contribution in [0.5, 0.6) is 0 Å². The number of aromatic nitrogens is 5. The second kappa shape index (κ2) is 8.38. The smallest absolute Gasteiger partial charge is 0.278 e. The fourth-order valence-electron chi connectivity index (χ4n) is 3.74. The number of furan rings is 1. The van der Waals surface area contributed by atoms with E-state index in [1.165, 1.54) is 10.9 Å². The van der Waals surface area contributed by atoms with Gasteiger partial charge in [0.2, 0.25) is 11.8 Å². The topological polar surface area (TPSA) is 121 Å². The van der Waals surface area contributed by atoms with Crippen molar-refractivity contribution in [1.82, 2.24) is 29.6 Å². The molecule has 0 aliphatic heterocycles. The number of amides is 1. The Labute approximate surface area is 187 Å². The number of fused-ring (bicyclic) bond motifs is 3. The van der Waals surface area contributed by atoms with E-state index in [4.69, 9.17) is 8.94 Å². The third-order valence-corrected chi connectivity index (χ3v) is 5.38. The van der Waals surface area contributed by atoms with Gasteiger partial charge in [-0.15, -0.1) is 0 Å². The third kappa shape index (κ3) is 3.91. The van der Waals surface area contributed by atoms with Crippen LogP contribution in [0.25, 0.3) is 21.9 Å². The summed E-state index contributed by atoms with van der Waals surface area (Å²) in [6, 6.07) is 11.0. The van der Waals surface area contributed by atoms with Gasteiger partial charge < -0.3 is 18.8 Å². The maximum atomic E-state index is 13.5. The first-order valence-electron chi connectivity index (χ1n) is 10.6. The van der Waals surface area contributed by atoms with Gasteiger partial charge in [0, 0.05) is 11.3 Å². The van der Waals surface area contributed by atoms with Crippen molar-refractivity contribution in [3.05, 3.63) is 76.8 Å². The molecule has 1 N–H and O–H groups in total. The highest BCUT2D eigenvalue weighted by atomic mass is 16.5. The van der Waals surface area contributed by atoms with Gasteiger partial charge in [0.1, 0.15) is 29.9 Å². The second-order valence-corrected chi connectivity index (χ2v) is 8.04. The molecule has 0 bridgehead atoms. The van der Waals surface area contributed by atoms with Gasteiger partial charge in [0.25, 0.3) is 5.56 Å². The highest BCUT2D eigenvalue weighted by molar-refractivity contribution is 6.06. The zero-order chi connectivity index (χ0) is 22.9. The Bertz CT molecular complexity index is 1490. The predicted octanol–water partition coefficient (Wildman–Crippen LogP) is 2.82. The molecule has 1 amide bonds. The molecule has 4 aromatic heterocycles. The van der Waals surface area contributed by atoms with E-state index in [1.54, 1.807) is 23.0 Å². The van der Waals surface area contributed by atoms with Crippen LogP contribution in [0.15, 0.2) is 62.7 Å². The quantitative estimate of drug-likeness (QED) is 0.408. The summed E-state index contributed by atoms with van der Waals surface area (Å²) < 4.78 is 13.7. The SMILES string of the molecule is CC(C)c1noc(Cn2cnc3c4ccccc4n(CC(=O)NCc4ccco4)c3c2=O)n1. The van der Waals surface area contributed by atoms with E-state index in [0.29, 0.717) is 28.5 Å². The molecule has 0 unspecified atom stereocenters. The molecular formula is C23H22N6O4. The lowest BCUT2D eigenvalue weighted by atomic mass is 10.2. The summed E-state index contributed by atoms with van der Waals surface area (Å²) in [4.78, 5) is 35.0. The maximum Gasteiger partial charge on any atom is 0.278 e. The number of carbonyl (C=O) groups excluding carboxylic acids is 1. The van der Waals surface area contributed by atoms with Crippen LogP contribution in [0.4, 0.5) is 0 Å². The Morgan fingerprint density at radius 1 is 1.18 bits per heavy atom. The van der Waals surface area contributed by atoms with Crippen molar-refractivity contribution >= 4 is 27.8 Å². The largest absolute Gasteiger partial charge is 0.467 e. The Morgan fingerprint density at radius 2 is 2.03 bits per heavy atom. The van der Waals surface area contributed by atoms with E-state index in [2.05, 4.69) is 20.4 Å². The average Bonchev–Trinajstić information content (AvgIpc) is 3.55. The Balaban J connectivity index is 1.52. The van der Waals surface area contributed by atoms with Crippen molar-refractivity contribution in [2.75, 3.05) is 0 Å². The van der Waals surface area contributed by atoms with Gasteiger partial charge in [-0.1, -0.05) is 37.2 Å². The van der Waals surface area contributed by atoms with Gasteiger partial charge in [-0.25, -0.2) is 4.98 Å². The fourth-order valence-corrected chi connectivity index (χ4v) is 3.74. The lowest BCUT2D eigenvalue weighted by Gasteiger charge is -2.08. The molecule has 10 nitrogen and oxygen atoms in total. The van der Waals surface area contributed by atoms with E-state index in [-0.39, 0.29) is 37.0 Å². The summed E-state index contributed by atoms with van der Waals surface area (Å²) >= 11 is 0. The number of hydrogen-bond acceptors (Lipinski definition) is 7. The zero-order valence-electron chi connectivity index (χ0n) is 18.2. The molecule has 0 radical (unpaired) electrons. The molecule has 0 aliphatic rings. The van der Waals surface area contributed by atoms with Crippen LogP contribution in [0.3, 0.4) is 0 Å². The first kappa shape index (κ1) is 20.7. The molecule has 0 atom stereocenters. The van der Waals surface area contributed by atoms with E-state index in [1.807, 2.05) is 38.1 Å². The van der Waals surface area contributed by atoms with Crippen LogP contribution in [0.1, 0.15) is 37.2 Å². The highest BCUT2D eigenvalue weighted by Gasteiger charge is 2.19. The summed E-state index contributed by atoms with van der Waals surface area (Å²) in [5.74, 6) is 1.41. The third-order valence-electron chi connectivity index (χ3n) is 5.38. The minimum absolute atomic E-state index is 0.0380. The molecular weight excluding hydrogens is 424 g/mol. The van der Waals surface area contributed by atoms with Crippen molar-refractivity contribution in [2.45, 2.75) is 39.4 Å². The second-order valence-electron chi connectivity index (χ2n) is 8.04. The maximum absolute atomic E-state index is 13.5. The summed E-state index contributed by atoms with van der Waals surface area (Å²) in [7, 11) is 0. The molecule has 33 heavy (non-hydrogen) atoms. The van der Waals surface area contributed by atoms with E-state index in [9.17, 15) is 9.59 Å². The Hall–Kier alpha value is -4.21. The van der Waals surface area contributed by atoms with Crippen LogP contribution < -0.4 is 10.9 Å². The van der Waals surface area contributed by atoms with Crippen LogP contribution in [0, 0.1) is 0 Å². The van der Waals surface area contributed by atoms with Crippen LogP contribution >= 0.6 is 0 Å². The van der Waals surface area contributed by atoms with Gasteiger partial charge in [0.15, 0.2) is 5.82 Å². The highest BCUT2D eigenvalue weighted by Crippen LogP contribution is 2.25. The number of nitrogens with one attached hydrogen (secondary N) is 1. The molecule has 5 aromatic rings. The van der Waals surface area contributed by atoms with Gasteiger partial charge in [-0.05, 0) is 18.2 Å². The number of hydrogen-bond donors (Lipinski definition) is 1. The number of carbonyl (C=O) groups is 1. The first-order chi connectivity index (χ1) is 16.0. The van der Waals surface area contributed by atoms with E-state index < -0.39 is 0 Å². The zero-order valence-corrected chi connectivity index (χ0v) is 18.2. The molecule has 0 saturated carbocycles. The lowest BCUT2D eigenvalue weighted by Crippen LogP contribution is -2.29. The summed E-state index contributed by atoms with van der Waals surface area (Å²) in [5, 5.41) is 7.57. The predicted molar refractivity (Wildman–Crippen MR) is 120 cm³/mol. The van der Waals surface area contributed by atoms with Crippen molar-refractivity contribution in [3.8, 4) is 0 Å². The fraction of sp³-hybridized carbons (Fsp3) is 0.261. The summed E-state index contributed by atoms with van der Waals surface area (Å²) in [6.07, 6.45) is 3.02. The Morgan fingerprint density at radius 3 is 2.79 bits per heavy atom. The standard InChI is InChI=1S/C23H22N6O4/c1-14(2)22-26-19(33-27-22)12-28-13-25-20-16-7-3-4-8-17(16)29(21(20)23(28)31)11-18(30)24-10-15-6-5-9-32-15/h3-9,13-14H,10-12H2,1-2H3,(H,24,30). The minimum atomic E-state index is -0.292. The monoisotopic (exact) mass is 446 g/mol. The van der Waals surface area contributed by atoms with Gasteiger partial charge in [-0.2, -0.15) is 4.98 Å². The number of rotatable bonds is 7. The van der Waals surface area contributed by atoms with E-state index >= 15 is 0 Å². The molecule has 0 spiro atoms. The molecule has 0 aliphatic carbocycles.